The number of nitrogens with two attached hydrogens (primary N) is 1. The summed E-state index contributed by atoms with van der Waals surface area (Å²) in [6, 6.07) is 1.89. The molecule has 4 nitrogen and oxygen atoms in total. The zero-order valence-corrected chi connectivity index (χ0v) is 12.4. The maximum absolute atomic E-state index is 13.3. The fourth-order valence-electron chi connectivity index (χ4n) is 2.66. The number of amides is 2. The van der Waals surface area contributed by atoms with E-state index < -0.39 is 35.3 Å². The van der Waals surface area contributed by atoms with Crippen LogP contribution >= 0.6 is 0 Å². The van der Waals surface area contributed by atoms with E-state index in [-0.39, 0.29) is 18.2 Å². The molecule has 0 saturated carbocycles. The molecule has 1 aromatic rings. The molecule has 1 heterocycles. The van der Waals surface area contributed by atoms with Gasteiger partial charge in [-0.25, -0.2) is 4.39 Å². The van der Waals surface area contributed by atoms with Crippen LogP contribution in [-0.2, 0) is 11.0 Å². The van der Waals surface area contributed by atoms with Gasteiger partial charge in [0.1, 0.15) is 5.82 Å². The van der Waals surface area contributed by atoms with Gasteiger partial charge in [0.15, 0.2) is 0 Å². The number of carbonyl (C=O) groups is 2. The fraction of sp³-hybridized carbons (Fsp3) is 0.467. The van der Waals surface area contributed by atoms with Crippen molar-refractivity contribution < 1.29 is 27.2 Å². The zero-order valence-electron chi connectivity index (χ0n) is 12.4. The van der Waals surface area contributed by atoms with Crippen molar-refractivity contribution in [1.82, 2.24) is 4.90 Å². The first-order valence-corrected chi connectivity index (χ1v) is 7.08. The molecule has 2 atom stereocenters. The van der Waals surface area contributed by atoms with Crippen LogP contribution in [0.5, 0.6) is 0 Å². The number of hydrogen-bond donors (Lipinski definition) is 1. The highest BCUT2D eigenvalue weighted by Crippen LogP contribution is 2.32. The number of benzene rings is 1. The second-order valence-corrected chi connectivity index (χ2v) is 5.68. The van der Waals surface area contributed by atoms with Gasteiger partial charge in [-0.05, 0) is 38.0 Å². The van der Waals surface area contributed by atoms with Crippen molar-refractivity contribution in [3.8, 4) is 0 Å². The van der Waals surface area contributed by atoms with Crippen molar-refractivity contribution in [3.63, 3.8) is 0 Å². The van der Waals surface area contributed by atoms with Crippen LogP contribution in [0.4, 0.5) is 17.6 Å². The van der Waals surface area contributed by atoms with Gasteiger partial charge in [0, 0.05) is 18.2 Å². The maximum Gasteiger partial charge on any atom is 0.419 e. The molecular weight excluding hydrogens is 316 g/mol. The number of primary amides is 1. The van der Waals surface area contributed by atoms with E-state index >= 15 is 0 Å². The molecular formula is C15H16F4N2O2. The lowest BCUT2D eigenvalue weighted by molar-refractivity contribution is -0.140. The van der Waals surface area contributed by atoms with E-state index in [1.165, 1.54) is 4.90 Å². The quantitative estimate of drug-likeness (QED) is 0.846. The standard InChI is InChI=1S/C15H16F4N2O2/c1-8-2-3-10(13(20)22)7-21(8)14(23)9-4-5-12(16)11(6-9)15(17,18)19/h4-6,8,10H,2-3,7H2,1H3,(H2,20,22)/t8-,10+/m1/s1. The molecule has 1 aliphatic rings. The third-order valence-electron chi connectivity index (χ3n) is 4.06. The molecule has 2 amide bonds. The zero-order chi connectivity index (χ0) is 17.4. The van der Waals surface area contributed by atoms with Gasteiger partial charge < -0.3 is 10.6 Å². The number of hydrogen-bond acceptors (Lipinski definition) is 2. The van der Waals surface area contributed by atoms with E-state index in [0.717, 1.165) is 6.07 Å². The minimum Gasteiger partial charge on any atom is -0.369 e. The van der Waals surface area contributed by atoms with Crippen LogP contribution in [0.1, 0.15) is 35.7 Å². The minimum absolute atomic E-state index is 0.0497. The van der Waals surface area contributed by atoms with Crippen LogP contribution in [0.25, 0.3) is 0 Å². The molecule has 2 rings (SSSR count). The lowest BCUT2D eigenvalue weighted by atomic mass is 9.92. The topological polar surface area (TPSA) is 63.4 Å². The van der Waals surface area contributed by atoms with Gasteiger partial charge in [0.25, 0.3) is 5.91 Å². The Morgan fingerprint density at radius 2 is 1.91 bits per heavy atom. The highest BCUT2D eigenvalue weighted by molar-refractivity contribution is 5.95. The highest BCUT2D eigenvalue weighted by Gasteiger charge is 2.36. The predicted molar refractivity (Wildman–Crippen MR) is 73.8 cm³/mol. The maximum atomic E-state index is 13.3. The number of nitrogens with zero attached hydrogens (tertiary/aromatic N) is 1. The average molecular weight is 332 g/mol. The van der Waals surface area contributed by atoms with Crippen molar-refractivity contribution >= 4 is 11.8 Å². The van der Waals surface area contributed by atoms with Crippen molar-refractivity contribution in [3.05, 3.63) is 35.1 Å². The molecule has 0 aliphatic carbocycles. The van der Waals surface area contributed by atoms with E-state index in [1.54, 1.807) is 6.92 Å². The lowest BCUT2D eigenvalue weighted by Crippen LogP contribution is -2.48. The van der Waals surface area contributed by atoms with E-state index in [0.29, 0.717) is 25.0 Å². The summed E-state index contributed by atoms with van der Waals surface area (Å²) in [5.41, 5.74) is 3.49. The molecule has 1 aromatic carbocycles. The molecule has 8 heteroatoms. The monoisotopic (exact) mass is 332 g/mol. The summed E-state index contributed by atoms with van der Waals surface area (Å²) in [7, 11) is 0. The number of likely N-dealkylation sites (tertiary alicyclic amines) is 1. The highest BCUT2D eigenvalue weighted by atomic mass is 19.4. The van der Waals surface area contributed by atoms with Crippen molar-refractivity contribution in [2.24, 2.45) is 11.7 Å². The van der Waals surface area contributed by atoms with Crippen molar-refractivity contribution in [2.45, 2.75) is 32.0 Å². The predicted octanol–water partition coefficient (Wildman–Crippen LogP) is 2.57. The number of halogens is 4. The molecule has 126 valence electrons. The smallest absolute Gasteiger partial charge is 0.369 e. The Balaban J connectivity index is 2.31. The molecule has 0 spiro atoms. The molecule has 1 saturated heterocycles. The largest absolute Gasteiger partial charge is 0.419 e. The summed E-state index contributed by atoms with van der Waals surface area (Å²) in [6.45, 7) is 1.79. The Labute approximate surface area is 130 Å². The van der Waals surface area contributed by atoms with Gasteiger partial charge in [-0.15, -0.1) is 0 Å². The third kappa shape index (κ3) is 3.62. The molecule has 0 bridgehead atoms. The molecule has 0 unspecified atom stereocenters. The van der Waals surface area contributed by atoms with Gasteiger partial charge in [-0.3, -0.25) is 9.59 Å². The Morgan fingerprint density at radius 1 is 1.26 bits per heavy atom. The first-order chi connectivity index (χ1) is 10.6. The average Bonchev–Trinajstić information content (AvgIpc) is 2.46. The van der Waals surface area contributed by atoms with Crippen LogP contribution < -0.4 is 5.73 Å². The van der Waals surface area contributed by atoms with Crippen LogP contribution in [-0.4, -0.2) is 29.3 Å². The second-order valence-electron chi connectivity index (χ2n) is 5.68. The first kappa shape index (κ1) is 17.2. The Kier molecular flexibility index (Phi) is 4.63. The Morgan fingerprint density at radius 3 is 2.48 bits per heavy atom. The Bertz CT molecular complexity index is 630. The van der Waals surface area contributed by atoms with Crippen LogP contribution in [0, 0.1) is 11.7 Å². The number of rotatable bonds is 2. The summed E-state index contributed by atoms with van der Waals surface area (Å²) < 4.78 is 51.6. The summed E-state index contributed by atoms with van der Waals surface area (Å²) in [6.07, 6.45) is -3.84. The summed E-state index contributed by atoms with van der Waals surface area (Å²) >= 11 is 0. The normalized spacial score (nSPS) is 22.0. The summed E-state index contributed by atoms with van der Waals surface area (Å²) in [4.78, 5) is 25.0. The summed E-state index contributed by atoms with van der Waals surface area (Å²) in [5.74, 6) is -3.19. The van der Waals surface area contributed by atoms with Gasteiger partial charge in [-0.1, -0.05) is 0 Å². The van der Waals surface area contributed by atoms with E-state index in [4.69, 9.17) is 5.73 Å². The fourth-order valence-corrected chi connectivity index (χ4v) is 2.66. The van der Waals surface area contributed by atoms with Crippen LogP contribution in [0.15, 0.2) is 18.2 Å². The molecule has 1 fully saturated rings. The van der Waals surface area contributed by atoms with Gasteiger partial charge in [0.05, 0.1) is 11.5 Å². The summed E-state index contributed by atoms with van der Waals surface area (Å²) in [5, 5.41) is 0. The number of piperidine rings is 1. The Hall–Kier alpha value is -2.12. The number of carbonyl (C=O) groups excluding carboxylic acids is 2. The molecule has 1 aliphatic heterocycles. The van der Waals surface area contributed by atoms with E-state index in [2.05, 4.69) is 0 Å². The van der Waals surface area contributed by atoms with Crippen LogP contribution in [0.3, 0.4) is 0 Å². The third-order valence-corrected chi connectivity index (χ3v) is 4.06. The minimum atomic E-state index is -4.89. The van der Waals surface area contributed by atoms with E-state index in [1.807, 2.05) is 0 Å². The SMILES string of the molecule is C[C@@H]1CC[C@H](C(N)=O)CN1C(=O)c1ccc(F)c(C(F)(F)F)c1. The second kappa shape index (κ2) is 6.17. The molecule has 0 aromatic heterocycles. The van der Waals surface area contributed by atoms with Gasteiger partial charge in [-0.2, -0.15) is 13.2 Å². The van der Waals surface area contributed by atoms with Gasteiger partial charge in [0.2, 0.25) is 5.91 Å². The van der Waals surface area contributed by atoms with Crippen LogP contribution in [0.2, 0.25) is 0 Å². The van der Waals surface area contributed by atoms with Crippen molar-refractivity contribution in [2.75, 3.05) is 6.54 Å². The van der Waals surface area contributed by atoms with Crippen molar-refractivity contribution in [1.29, 1.82) is 0 Å². The number of alkyl halides is 3. The van der Waals surface area contributed by atoms with E-state index in [9.17, 15) is 27.2 Å². The lowest BCUT2D eigenvalue weighted by Gasteiger charge is -2.37. The molecule has 2 N–H and O–H groups in total. The molecule has 0 radical (unpaired) electrons. The first-order valence-electron chi connectivity index (χ1n) is 7.08. The molecule has 23 heavy (non-hydrogen) atoms. The van der Waals surface area contributed by atoms with Gasteiger partial charge >= 0.3 is 6.18 Å².